The lowest BCUT2D eigenvalue weighted by molar-refractivity contribution is -0.134. The largest absolute Gasteiger partial charge is 0.379 e. The molecule has 3 aromatic rings. The zero-order chi connectivity index (χ0) is 23.1. The number of carbonyl (C=O) groups excluding carboxylic acids is 2. The number of halogens is 2. The zero-order valence-corrected chi connectivity index (χ0v) is 20.4. The van der Waals surface area contributed by atoms with Crippen molar-refractivity contribution < 1.29 is 14.3 Å². The molecule has 0 saturated carbocycles. The average molecular weight is 507 g/mol. The number of H-pyrrole nitrogens is 1. The Morgan fingerprint density at radius 2 is 2.03 bits per heavy atom. The fourth-order valence-corrected chi connectivity index (χ4v) is 6.17. The number of thiophene rings is 1. The number of rotatable bonds is 5. The van der Waals surface area contributed by atoms with Crippen LogP contribution < -0.4 is 5.32 Å². The Kier molecular flexibility index (Phi) is 6.37. The van der Waals surface area contributed by atoms with Crippen LogP contribution >= 0.6 is 34.5 Å². The maximum absolute atomic E-state index is 13.2. The van der Waals surface area contributed by atoms with Crippen LogP contribution in [-0.4, -0.2) is 72.5 Å². The molecule has 2 aliphatic rings. The molecule has 7 nitrogen and oxygen atoms in total. The molecule has 1 aliphatic heterocycles. The Balaban J connectivity index is 1.35. The molecule has 3 heterocycles. The molecule has 2 atom stereocenters. The van der Waals surface area contributed by atoms with Gasteiger partial charge in [0.15, 0.2) is 0 Å². The van der Waals surface area contributed by atoms with Gasteiger partial charge in [-0.25, -0.2) is 0 Å². The number of amides is 2. The van der Waals surface area contributed by atoms with E-state index in [0.717, 1.165) is 28.9 Å². The van der Waals surface area contributed by atoms with Gasteiger partial charge in [0.1, 0.15) is 10.0 Å². The van der Waals surface area contributed by atoms with Gasteiger partial charge in [-0.2, -0.15) is 0 Å². The van der Waals surface area contributed by atoms with E-state index in [4.69, 9.17) is 27.9 Å². The summed E-state index contributed by atoms with van der Waals surface area (Å²) >= 11 is 13.6. The van der Waals surface area contributed by atoms with E-state index in [9.17, 15) is 9.59 Å². The molecule has 2 N–H and O–H groups in total. The van der Waals surface area contributed by atoms with E-state index in [0.29, 0.717) is 46.7 Å². The van der Waals surface area contributed by atoms with Gasteiger partial charge in [-0.1, -0.05) is 47.5 Å². The van der Waals surface area contributed by atoms with E-state index in [2.05, 4.69) is 21.3 Å². The molecule has 33 heavy (non-hydrogen) atoms. The lowest BCUT2D eigenvalue weighted by Crippen LogP contribution is -2.49. The molecule has 2 amide bonds. The van der Waals surface area contributed by atoms with Crippen molar-refractivity contribution in [3.63, 3.8) is 0 Å². The van der Waals surface area contributed by atoms with Crippen molar-refractivity contribution in [1.82, 2.24) is 20.1 Å². The molecule has 0 unspecified atom stereocenters. The molecule has 2 aromatic heterocycles. The minimum Gasteiger partial charge on any atom is -0.379 e. The predicted molar refractivity (Wildman–Crippen MR) is 130 cm³/mol. The summed E-state index contributed by atoms with van der Waals surface area (Å²) in [4.78, 5) is 33.3. The highest BCUT2D eigenvalue weighted by atomic mass is 35.5. The van der Waals surface area contributed by atoms with Crippen LogP contribution in [0, 0.1) is 0 Å². The molecule has 0 radical (unpaired) electrons. The summed E-state index contributed by atoms with van der Waals surface area (Å²) in [5.74, 6) is -0.206. The summed E-state index contributed by atoms with van der Waals surface area (Å²) in [7, 11) is 1.82. The summed E-state index contributed by atoms with van der Waals surface area (Å²) in [6, 6.07) is 9.33. The normalized spacial score (nSPS) is 20.7. The number of hydrogen-bond acceptors (Lipinski definition) is 5. The standard InChI is InChI=1S/C23H24Cl2N4O3S/c1-28(18(30)12-29-6-8-32-9-7-29)21-14-5-3-2-4-13(14)10-15(21)27-23(31)16-11-17-20(26-16)19(24)22(25)33-17/h2-5,11,15,21,26H,6-10,12H2,1H3,(H,27,31)/t15-,21-/m1/s1. The molecular formula is C23H24Cl2N4O3S. The molecule has 174 valence electrons. The van der Waals surface area contributed by atoms with E-state index in [-0.39, 0.29) is 23.9 Å². The molecule has 1 saturated heterocycles. The topological polar surface area (TPSA) is 77.7 Å². The Bertz CT molecular complexity index is 1200. The van der Waals surface area contributed by atoms with Gasteiger partial charge in [-0.05, 0) is 23.6 Å². The van der Waals surface area contributed by atoms with E-state index in [1.165, 1.54) is 11.3 Å². The van der Waals surface area contributed by atoms with Gasteiger partial charge in [0, 0.05) is 20.1 Å². The van der Waals surface area contributed by atoms with Crippen LogP contribution in [0.2, 0.25) is 9.36 Å². The van der Waals surface area contributed by atoms with Crippen LogP contribution in [0.15, 0.2) is 30.3 Å². The Morgan fingerprint density at radius 3 is 2.79 bits per heavy atom. The molecule has 1 aromatic carbocycles. The first-order valence-corrected chi connectivity index (χ1v) is 12.4. The fourth-order valence-electron chi connectivity index (χ4n) is 4.69. The molecule has 0 spiro atoms. The molecule has 5 rings (SSSR count). The molecule has 1 fully saturated rings. The lowest BCUT2D eigenvalue weighted by atomic mass is 10.0. The van der Waals surface area contributed by atoms with E-state index >= 15 is 0 Å². The van der Waals surface area contributed by atoms with Crippen LogP contribution in [0.1, 0.15) is 27.7 Å². The Morgan fingerprint density at radius 1 is 1.27 bits per heavy atom. The molecular weight excluding hydrogens is 483 g/mol. The second-order valence-electron chi connectivity index (χ2n) is 8.43. The van der Waals surface area contributed by atoms with Crippen molar-refractivity contribution in [1.29, 1.82) is 0 Å². The monoisotopic (exact) mass is 506 g/mol. The highest BCUT2D eigenvalue weighted by Crippen LogP contribution is 2.39. The minimum atomic E-state index is -0.243. The number of nitrogens with zero attached hydrogens (tertiary/aromatic N) is 2. The first kappa shape index (κ1) is 22.7. The predicted octanol–water partition coefficient (Wildman–Crippen LogP) is 3.72. The van der Waals surface area contributed by atoms with Gasteiger partial charge in [-0.3, -0.25) is 14.5 Å². The number of hydrogen-bond donors (Lipinski definition) is 2. The second kappa shape index (κ2) is 9.27. The van der Waals surface area contributed by atoms with Crippen molar-refractivity contribution >= 4 is 56.6 Å². The number of aromatic amines is 1. The first-order valence-electron chi connectivity index (χ1n) is 10.8. The van der Waals surface area contributed by atoms with Crippen LogP contribution in [0.25, 0.3) is 10.2 Å². The molecule has 10 heteroatoms. The van der Waals surface area contributed by atoms with Crippen molar-refractivity contribution in [2.75, 3.05) is 39.9 Å². The van der Waals surface area contributed by atoms with Gasteiger partial charge in [0.05, 0.1) is 47.1 Å². The van der Waals surface area contributed by atoms with Crippen molar-refractivity contribution in [3.05, 3.63) is 56.5 Å². The third-order valence-corrected chi connectivity index (χ3v) is 8.33. The van der Waals surface area contributed by atoms with Crippen LogP contribution in [0.5, 0.6) is 0 Å². The highest BCUT2D eigenvalue weighted by molar-refractivity contribution is 7.23. The average Bonchev–Trinajstić information content (AvgIpc) is 3.46. The highest BCUT2D eigenvalue weighted by Gasteiger charge is 2.38. The van der Waals surface area contributed by atoms with E-state index in [1.54, 1.807) is 11.0 Å². The Labute approximate surface area is 205 Å². The number of nitrogens with one attached hydrogen (secondary N) is 2. The molecule has 1 aliphatic carbocycles. The summed E-state index contributed by atoms with van der Waals surface area (Å²) in [5, 5.41) is 3.57. The summed E-state index contributed by atoms with van der Waals surface area (Å²) in [5.41, 5.74) is 3.30. The smallest absolute Gasteiger partial charge is 0.268 e. The van der Waals surface area contributed by atoms with Crippen molar-refractivity contribution in [2.45, 2.75) is 18.5 Å². The SMILES string of the molecule is CN(C(=O)CN1CCOCC1)[C@@H]1c2ccccc2C[C@H]1NC(=O)c1cc2sc(Cl)c(Cl)c2[nH]1. The third kappa shape index (κ3) is 4.38. The van der Waals surface area contributed by atoms with Gasteiger partial charge < -0.3 is 19.9 Å². The number of benzene rings is 1. The number of likely N-dealkylation sites (N-methyl/N-ethyl adjacent to an activating group) is 1. The van der Waals surface area contributed by atoms with E-state index < -0.39 is 0 Å². The quantitative estimate of drug-likeness (QED) is 0.552. The minimum absolute atomic E-state index is 0.0275. The number of aromatic nitrogens is 1. The number of carbonyl (C=O) groups is 2. The van der Waals surface area contributed by atoms with Gasteiger partial charge in [0.2, 0.25) is 5.91 Å². The van der Waals surface area contributed by atoms with Crippen molar-refractivity contribution in [2.24, 2.45) is 0 Å². The summed E-state index contributed by atoms with van der Waals surface area (Å²) in [6.45, 7) is 3.12. The fraction of sp³-hybridized carbons (Fsp3) is 0.391. The van der Waals surface area contributed by atoms with Crippen LogP contribution in [0.4, 0.5) is 0 Å². The third-order valence-electron chi connectivity index (χ3n) is 6.40. The van der Waals surface area contributed by atoms with E-state index in [1.807, 2.05) is 25.2 Å². The van der Waals surface area contributed by atoms with Crippen LogP contribution in [0.3, 0.4) is 0 Å². The lowest BCUT2D eigenvalue weighted by Gasteiger charge is -2.33. The Hall–Kier alpha value is -2.10. The second-order valence-corrected chi connectivity index (χ2v) is 10.5. The maximum atomic E-state index is 13.2. The van der Waals surface area contributed by atoms with Crippen LogP contribution in [-0.2, 0) is 16.0 Å². The molecule has 0 bridgehead atoms. The first-order chi connectivity index (χ1) is 15.9. The number of fused-ring (bicyclic) bond motifs is 2. The maximum Gasteiger partial charge on any atom is 0.268 e. The zero-order valence-electron chi connectivity index (χ0n) is 18.1. The number of ether oxygens (including phenoxy) is 1. The summed E-state index contributed by atoms with van der Waals surface area (Å²) in [6.07, 6.45) is 0.656. The van der Waals surface area contributed by atoms with Gasteiger partial charge >= 0.3 is 0 Å². The van der Waals surface area contributed by atoms with Gasteiger partial charge in [0.25, 0.3) is 5.91 Å². The van der Waals surface area contributed by atoms with Crippen molar-refractivity contribution in [3.8, 4) is 0 Å². The van der Waals surface area contributed by atoms with Gasteiger partial charge in [-0.15, -0.1) is 11.3 Å². The number of morpholine rings is 1. The summed E-state index contributed by atoms with van der Waals surface area (Å²) < 4.78 is 6.72.